The minimum absolute atomic E-state index is 0.0211. The van der Waals surface area contributed by atoms with Crippen molar-refractivity contribution in [1.82, 2.24) is 20.9 Å². The van der Waals surface area contributed by atoms with E-state index < -0.39 is 35.8 Å². The molecule has 5 amide bonds. The van der Waals surface area contributed by atoms with E-state index in [9.17, 15) is 28.8 Å². The first-order valence-electron chi connectivity index (χ1n) is 23.5. The highest BCUT2D eigenvalue weighted by Gasteiger charge is 2.39. The van der Waals surface area contributed by atoms with Gasteiger partial charge in [0.1, 0.15) is 25.3 Å². The van der Waals surface area contributed by atoms with Crippen molar-refractivity contribution in [3.05, 3.63) is 136 Å². The Morgan fingerprint density at radius 3 is 2.17 bits per heavy atom. The average molecular weight is 980 g/mol. The van der Waals surface area contributed by atoms with Gasteiger partial charge in [-0.3, -0.25) is 38.7 Å². The second-order valence-electron chi connectivity index (χ2n) is 17.6. The predicted octanol–water partition coefficient (Wildman–Crippen LogP) is 6.11. The van der Waals surface area contributed by atoms with Gasteiger partial charge in [-0.2, -0.15) is 0 Å². The van der Waals surface area contributed by atoms with Gasteiger partial charge in [0.05, 0.1) is 62.3 Å². The molecule has 18 heteroatoms. The quantitative estimate of drug-likeness (QED) is 0.0832. The molecule has 4 aliphatic rings. The predicted molar refractivity (Wildman–Crippen MR) is 269 cm³/mol. The van der Waals surface area contributed by atoms with Gasteiger partial charge in [0.2, 0.25) is 11.8 Å². The normalized spacial score (nSPS) is 17.2. The van der Waals surface area contributed by atoms with Crippen LogP contribution in [0, 0.1) is 0 Å². The largest absolute Gasteiger partial charge is 0.493 e. The van der Waals surface area contributed by atoms with Crippen LogP contribution in [0.3, 0.4) is 0 Å². The molecule has 4 aliphatic heterocycles. The zero-order valence-electron chi connectivity index (χ0n) is 41.0. The van der Waals surface area contributed by atoms with E-state index in [0.29, 0.717) is 76.0 Å². The Balaban J connectivity index is 1.04. The summed E-state index contributed by atoms with van der Waals surface area (Å²) < 4.78 is 28.9. The Labute approximate surface area is 417 Å². The maximum absolute atomic E-state index is 14.1. The number of benzene rings is 4. The molecule has 0 fully saturated rings. The van der Waals surface area contributed by atoms with Crippen LogP contribution in [0.4, 0.5) is 17.1 Å². The Kier molecular flexibility index (Phi) is 15.1. The smallest absolute Gasteiger partial charge is 0.307 e. The average Bonchev–Trinajstić information content (AvgIpc) is 3.86. The van der Waals surface area contributed by atoms with E-state index in [0.717, 1.165) is 22.5 Å². The zero-order valence-corrected chi connectivity index (χ0v) is 41.0. The second-order valence-corrected chi connectivity index (χ2v) is 17.6. The van der Waals surface area contributed by atoms with E-state index in [1.807, 2.05) is 43.3 Å². The number of nitrogens with one attached hydrogen (secondary N) is 4. The van der Waals surface area contributed by atoms with Gasteiger partial charge < -0.3 is 49.9 Å². The van der Waals surface area contributed by atoms with Gasteiger partial charge in [-0.05, 0) is 91.9 Å². The number of hydrogen-bond donors (Lipinski definition) is 4. The molecule has 0 radical (unpaired) electrons. The summed E-state index contributed by atoms with van der Waals surface area (Å²) in [6, 6.07) is 17.0. The van der Waals surface area contributed by atoms with Crippen molar-refractivity contribution in [2.45, 2.75) is 77.4 Å². The first-order chi connectivity index (χ1) is 34.7. The summed E-state index contributed by atoms with van der Waals surface area (Å²) in [6.45, 7) is 9.23. The van der Waals surface area contributed by atoms with Crippen LogP contribution in [-0.4, -0.2) is 105 Å². The summed E-state index contributed by atoms with van der Waals surface area (Å²) in [4.78, 5) is 87.8. The highest BCUT2D eigenvalue weighted by molar-refractivity contribution is 6.15. The van der Waals surface area contributed by atoms with Gasteiger partial charge >= 0.3 is 5.97 Å². The van der Waals surface area contributed by atoms with Crippen LogP contribution in [-0.2, 0) is 38.8 Å². The summed E-state index contributed by atoms with van der Waals surface area (Å²) in [7, 11) is 4.21. The Morgan fingerprint density at radius 2 is 1.49 bits per heavy atom. The molecule has 4 aromatic rings. The summed E-state index contributed by atoms with van der Waals surface area (Å²) in [5, 5.41) is 11.3. The van der Waals surface area contributed by atoms with Gasteiger partial charge in [0, 0.05) is 54.8 Å². The molecule has 0 saturated carbocycles. The summed E-state index contributed by atoms with van der Waals surface area (Å²) >= 11 is 0. The monoisotopic (exact) mass is 979 g/mol. The third-order valence-electron chi connectivity index (χ3n) is 12.8. The fraction of sp³-hybridized carbons (Fsp3) is 0.315. The minimum atomic E-state index is -1.08. The van der Waals surface area contributed by atoms with Crippen molar-refractivity contribution in [2.75, 3.05) is 44.6 Å². The highest BCUT2D eigenvalue weighted by Crippen LogP contribution is 2.43. The number of para-hydroxylation sites is 1. The number of ether oxygens (including phenoxy) is 5. The number of anilines is 2. The Hall–Kier alpha value is -8.41. The lowest BCUT2D eigenvalue weighted by Gasteiger charge is -2.24. The number of carbonyl (C=O) groups is 6. The number of hydrogen-bond acceptors (Lipinski definition) is 13. The Bertz CT molecular complexity index is 2950. The maximum atomic E-state index is 14.1. The number of esters is 1. The van der Waals surface area contributed by atoms with E-state index in [2.05, 4.69) is 32.6 Å². The first kappa shape index (κ1) is 50.0. The van der Waals surface area contributed by atoms with Crippen molar-refractivity contribution in [3.63, 3.8) is 0 Å². The lowest BCUT2D eigenvalue weighted by molar-refractivity contribution is -0.140. The molecule has 0 unspecified atom stereocenters. The molecule has 72 heavy (non-hydrogen) atoms. The van der Waals surface area contributed by atoms with Gasteiger partial charge in [0.15, 0.2) is 23.0 Å². The van der Waals surface area contributed by atoms with E-state index in [-0.39, 0.29) is 55.6 Å². The molecule has 8 rings (SSSR count). The SMILES string of the molecule is C=CC1=C(/C=C\C)C[C@H]2CNc3cc(OCc4cc(COc5cc6c(cc5OC)C(=O)N5c7ccccc7C[C@H]5C=N6)cc(C(=O)N[C@@H](C)C(=O)N[C@@H](C)C(=O)NCCC(=O)OC)c4)c(OC)cc3C(=O)N12. The van der Waals surface area contributed by atoms with E-state index >= 15 is 0 Å². The van der Waals surface area contributed by atoms with Crippen molar-refractivity contribution in [1.29, 1.82) is 0 Å². The first-order valence-corrected chi connectivity index (χ1v) is 23.5. The van der Waals surface area contributed by atoms with Crippen molar-refractivity contribution in [3.8, 4) is 23.0 Å². The minimum Gasteiger partial charge on any atom is -0.493 e. The summed E-state index contributed by atoms with van der Waals surface area (Å²) in [5.41, 5.74) is 6.66. The van der Waals surface area contributed by atoms with Crippen LogP contribution in [0.25, 0.3) is 0 Å². The summed E-state index contributed by atoms with van der Waals surface area (Å²) in [6.07, 6.45) is 8.68. The zero-order chi connectivity index (χ0) is 51.2. The highest BCUT2D eigenvalue weighted by atomic mass is 16.5. The Morgan fingerprint density at radius 1 is 0.819 bits per heavy atom. The third kappa shape index (κ3) is 10.4. The van der Waals surface area contributed by atoms with Crippen LogP contribution in [0.5, 0.6) is 23.0 Å². The van der Waals surface area contributed by atoms with Crippen molar-refractivity contribution >= 4 is 58.8 Å². The molecule has 18 nitrogen and oxygen atoms in total. The van der Waals surface area contributed by atoms with Crippen molar-refractivity contribution < 1.29 is 52.5 Å². The molecule has 0 aromatic heterocycles. The van der Waals surface area contributed by atoms with E-state index in [4.69, 9.17) is 23.9 Å². The molecule has 374 valence electrons. The van der Waals surface area contributed by atoms with Gasteiger partial charge in [0.25, 0.3) is 17.7 Å². The number of amides is 5. The maximum Gasteiger partial charge on any atom is 0.307 e. The fourth-order valence-electron chi connectivity index (χ4n) is 9.20. The topological polar surface area (TPSA) is 216 Å². The second kappa shape index (κ2) is 21.7. The van der Waals surface area contributed by atoms with Crippen LogP contribution >= 0.6 is 0 Å². The number of rotatable bonds is 18. The third-order valence-corrected chi connectivity index (χ3v) is 12.8. The number of allylic oxidation sites excluding steroid dienone is 3. The van der Waals surface area contributed by atoms with Gasteiger partial charge in [-0.1, -0.05) is 36.9 Å². The molecular weight excluding hydrogens is 923 g/mol. The molecule has 0 bridgehead atoms. The van der Waals surface area contributed by atoms with Gasteiger partial charge in [-0.25, -0.2) is 0 Å². The van der Waals surface area contributed by atoms with E-state index in [1.54, 1.807) is 64.6 Å². The molecule has 0 saturated heterocycles. The molecule has 4 atom stereocenters. The molecule has 4 heterocycles. The van der Waals surface area contributed by atoms with Crippen LogP contribution in [0.2, 0.25) is 0 Å². The van der Waals surface area contributed by atoms with Crippen molar-refractivity contribution in [2.24, 2.45) is 4.99 Å². The molecule has 4 N–H and O–H groups in total. The number of methoxy groups -OCH3 is 3. The standard InChI is InChI=1S/C54H57N7O11/c1-8-12-34-20-37-26-56-41-24-47(45(68-5)22-39(41)53(66)60(37)43(34)9-2)71-28-32-17-33(19-36(18-32)52(65)59-31(4)51(64)58-30(3)50(63)55-16-15-49(62)70-7)29-72-48-25-42-40(23-46(48)69-6)54(67)61-38(27-57-42)21-35-13-10-11-14-44(35)61/h8-14,17-19,22-25,27,30-31,37-38,56H,2,15-16,20-21,26,28-29H2,1,3-7H3,(H,55,63)(H,58,64)(H,59,65)/b12-8-/t30-,31-,37-,38-/m0/s1. The number of nitrogens with zero attached hydrogens (tertiary/aromatic N) is 3. The summed E-state index contributed by atoms with van der Waals surface area (Å²) in [5.74, 6) is -1.42. The molecular formula is C54H57N7O11. The van der Waals surface area contributed by atoms with Crippen LogP contribution < -0.4 is 45.1 Å². The number of carbonyl (C=O) groups excluding carboxylic acids is 6. The molecule has 0 spiro atoms. The fourth-order valence-corrected chi connectivity index (χ4v) is 9.20. The lowest BCUT2D eigenvalue weighted by Crippen LogP contribution is -2.51. The van der Waals surface area contributed by atoms with Gasteiger partial charge in [-0.15, -0.1) is 0 Å². The number of fused-ring (bicyclic) bond motifs is 6. The van der Waals surface area contributed by atoms with E-state index in [1.165, 1.54) is 35.2 Å². The number of aliphatic imine (C=N–C) groups is 1. The van der Waals surface area contributed by atoms with Crippen LogP contribution in [0.1, 0.15) is 81.4 Å². The lowest BCUT2D eigenvalue weighted by atomic mass is 10.0. The molecule has 0 aliphatic carbocycles. The molecule has 4 aromatic carbocycles. The van der Waals surface area contributed by atoms with Crippen LogP contribution in [0.15, 0.2) is 108 Å².